The van der Waals surface area contributed by atoms with Gasteiger partial charge in [0, 0.05) is 6.04 Å². The molecular formula is C21H27NO2. The van der Waals surface area contributed by atoms with E-state index >= 15 is 0 Å². The molecule has 1 amide bonds. The summed E-state index contributed by atoms with van der Waals surface area (Å²) in [5, 5.41) is 5.52. The van der Waals surface area contributed by atoms with Gasteiger partial charge in [0.15, 0.2) is 6.10 Å². The average Bonchev–Trinajstić information content (AvgIpc) is 2.88. The second-order valence-corrected chi connectivity index (χ2v) is 6.72. The molecule has 0 bridgehead atoms. The van der Waals surface area contributed by atoms with Crippen LogP contribution < -0.4 is 10.1 Å². The minimum absolute atomic E-state index is 0.0255. The molecule has 0 aliphatic heterocycles. The van der Waals surface area contributed by atoms with E-state index in [1.54, 1.807) is 0 Å². The van der Waals surface area contributed by atoms with Gasteiger partial charge in [0.05, 0.1) is 0 Å². The summed E-state index contributed by atoms with van der Waals surface area (Å²) in [5.41, 5.74) is 0. The number of fused-ring (bicyclic) bond motifs is 1. The first kappa shape index (κ1) is 16.8. The van der Waals surface area contributed by atoms with Crippen LogP contribution in [0, 0.1) is 0 Å². The minimum Gasteiger partial charge on any atom is -0.481 e. The number of ether oxygens (including phenoxy) is 1. The van der Waals surface area contributed by atoms with E-state index in [0.29, 0.717) is 12.5 Å². The van der Waals surface area contributed by atoms with E-state index < -0.39 is 6.10 Å². The second kappa shape index (κ2) is 8.18. The first-order valence-corrected chi connectivity index (χ1v) is 9.22. The predicted molar refractivity (Wildman–Crippen MR) is 98.3 cm³/mol. The third kappa shape index (κ3) is 4.28. The van der Waals surface area contributed by atoms with Gasteiger partial charge in [-0.15, -0.1) is 0 Å². The molecule has 0 spiro atoms. The Kier molecular flexibility index (Phi) is 5.73. The SMILES string of the molecule is CC[C@@H](Oc1ccc2ccccc2c1)C(=O)NC1CCCCCC1. The maximum absolute atomic E-state index is 12.6. The highest BCUT2D eigenvalue weighted by Gasteiger charge is 2.22. The normalized spacial score (nSPS) is 17.2. The largest absolute Gasteiger partial charge is 0.481 e. The fraction of sp³-hybridized carbons (Fsp3) is 0.476. The number of carbonyl (C=O) groups excluding carboxylic acids is 1. The summed E-state index contributed by atoms with van der Waals surface area (Å²) in [6.07, 6.45) is 7.45. The second-order valence-electron chi connectivity index (χ2n) is 6.72. The van der Waals surface area contributed by atoms with E-state index in [-0.39, 0.29) is 5.91 Å². The summed E-state index contributed by atoms with van der Waals surface area (Å²) in [4.78, 5) is 12.6. The standard InChI is InChI=1S/C21H27NO2/c1-2-20(21(23)22-18-11-5-3-4-6-12-18)24-19-14-13-16-9-7-8-10-17(16)15-19/h7-10,13-15,18,20H,2-6,11-12H2,1H3,(H,22,23)/t20-/m1/s1. The Hall–Kier alpha value is -2.03. The molecule has 0 radical (unpaired) electrons. The van der Waals surface area contributed by atoms with E-state index in [2.05, 4.69) is 17.4 Å². The Morgan fingerprint density at radius 1 is 1.08 bits per heavy atom. The Morgan fingerprint density at radius 3 is 2.50 bits per heavy atom. The first-order valence-electron chi connectivity index (χ1n) is 9.22. The molecule has 1 atom stereocenters. The van der Waals surface area contributed by atoms with Gasteiger partial charge in [-0.25, -0.2) is 0 Å². The van der Waals surface area contributed by atoms with Crippen molar-refractivity contribution in [2.45, 2.75) is 64.0 Å². The van der Waals surface area contributed by atoms with Gasteiger partial charge in [-0.3, -0.25) is 4.79 Å². The van der Waals surface area contributed by atoms with Crippen LogP contribution in [0.2, 0.25) is 0 Å². The molecule has 3 nitrogen and oxygen atoms in total. The topological polar surface area (TPSA) is 38.3 Å². The van der Waals surface area contributed by atoms with Crippen LogP contribution in [0.15, 0.2) is 42.5 Å². The Bertz CT molecular complexity index is 674. The summed E-state index contributed by atoms with van der Waals surface area (Å²) >= 11 is 0. The van der Waals surface area contributed by atoms with Crippen LogP contribution in [0.4, 0.5) is 0 Å². The Morgan fingerprint density at radius 2 is 1.79 bits per heavy atom. The van der Waals surface area contributed by atoms with Crippen LogP contribution in [-0.2, 0) is 4.79 Å². The van der Waals surface area contributed by atoms with Crippen molar-refractivity contribution in [1.82, 2.24) is 5.32 Å². The lowest BCUT2D eigenvalue weighted by molar-refractivity contribution is -0.128. The molecule has 1 fully saturated rings. The molecule has 24 heavy (non-hydrogen) atoms. The number of amides is 1. The quantitative estimate of drug-likeness (QED) is 0.799. The molecule has 0 saturated heterocycles. The van der Waals surface area contributed by atoms with E-state index in [9.17, 15) is 4.79 Å². The highest BCUT2D eigenvalue weighted by atomic mass is 16.5. The lowest BCUT2D eigenvalue weighted by Gasteiger charge is -2.22. The molecule has 3 heteroatoms. The fourth-order valence-electron chi connectivity index (χ4n) is 3.45. The van der Waals surface area contributed by atoms with Gasteiger partial charge in [0.2, 0.25) is 0 Å². The zero-order chi connectivity index (χ0) is 16.8. The first-order chi connectivity index (χ1) is 11.8. The van der Waals surface area contributed by atoms with Gasteiger partial charge in [-0.2, -0.15) is 0 Å². The fourth-order valence-corrected chi connectivity index (χ4v) is 3.45. The zero-order valence-corrected chi connectivity index (χ0v) is 14.5. The van der Waals surface area contributed by atoms with Crippen LogP contribution >= 0.6 is 0 Å². The van der Waals surface area contributed by atoms with Crippen LogP contribution in [0.25, 0.3) is 10.8 Å². The highest BCUT2D eigenvalue weighted by molar-refractivity contribution is 5.84. The van der Waals surface area contributed by atoms with Gasteiger partial charge in [-0.1, -0.05) is 62.9 Å². The lowest BCUT2D eigenvalue weighted by Crippen LogP contribution is -2.43. The van der Waals surface area contributed by atoms with Crippen molar-refractivity contribution in [3.8, 4) is 5.75 Å². The van der Waals surface area contributed by atoms with Crippen LogP contribution in [0.1, 0.15) is 51.9 Å². The molecule has 0 aromatic heterocycles. The monoisotopic (exact) mass is 325 g/mol. The van der Waals surface area contributed by atoms with Gasteiger partial charge in [-0.05, 0) is 42.2 Å². The summed E-state index contributed by atoms with van der Waals surface area (Å²) in [5.74, 6) is 0.786. The predicted octanol–water partition coefficient (Wildman–Crippen LogP) is 4.84. The zero-order valence-electron chi connectivity index (χ0n) is 14.5. The molecule has 0 heterocycles. The summed E-state index contributed by atoms with van der Waals surface area (Å²) < 4.78 is 5.99. The summed E-state index contributed by atoms with van der Waals surface area (Å²) in [6, 6.07) is 14.5. The van der Waals surface area contributed by atoms with Gasteiger partial charge >= 0.3 is 0 Å². The Balaban J connectivity index is 1.64. The third-order valence-electron chi connectivity index (χ3n) is 4.86. The van der Waals surface area contributed by atoms with Crippen LogP contribution in [-0.4, -0.2) is 18.1 Å². The van der Waals surface area contributed by atoms with Gasteiger partial charge in [0.1, 0.15) is 5.75 Å². The molecule has 1 saturated carbocycles. The van der Waals surface area contributed by atoms with Crippen LogP contribution in [0.3, 0.4) is 0 Å². The molecule has 1 N–H and O–H groups in total. The number of hydrogen-bond donors (Lipinski definition) is 1. The van der Waals surface area contributed by atoms with E-state index in [1.165, 1.54) is 31.1 Å². The number of hydrogen-bond acceptors (Lipinski definition) is 2. The van der Waals surface area contributed by atoms with E-state index in [0.717, 1.165) is 24.0 Å². The third-order valence-corrected chi connectivity index (χ3v) is 4.86. The maximum atomic E-state index is 12.6. The number of carbonyl (C=O) groups is 1. The molecule has 3 rings (SSSR count). The molecule has 1 aliphatic carbocycles. The van der Waals surface area contributed by atoms with Crippen molar-refractivity contribution < 1.29 is 9.53 Å². The van der Waals surface area contributed by atoms with Gasteiger partial charge < -0.3 is 10.1 Å². The van der Waals surface area contributed by atoms with E-state index in [1.807, 2.05) is 37.3 Å². The number of rotatable bonds is 5. The number of benzene rings is 2. The smallest absolute Gasteiger partial charge is 0.261 e. The van der Waals surface area contributed by atoms with Crippen molar-refractivity contribution >= 4 is 16.7 Å². The average molecular weight is 325 g/mol. The van der Waals surface area contributed by atoms with Crippen molar-refractivity contribution in [2.24, 2.45) is 0 Å². The molecule has 128 valence electrons. The van der Waals surface area contributed by atoms with Crippen molar-refractivity contribution in [2.75, 3.05) is 0 Å². The number of nitrogens with one attached hydrogen (secondary N) is 1. The van der Waals surface area contributed by atoms with E-state index in [4.69, 9.17) is 4.74 Å². The maximum Gasteiger partial charge on any atom is 0.261 e. The minimum atomic E-state index is -0.422. The Labute approximate surface area is 144 Å². The van der Waals surface area contributed by atoms with Crippen molar-refractivity contribution in [1.29, 1.82) is 0 Å². The molecular weight excluding hydrogens is 298 g/mol. The molecule has 1 aliphatic rings. The van der Waals surface area contributed by atoms with Crippen molar-refractivity contribution in [3.63, 3.8) is 0 Å². The molecule has 0 unspecified atom stereocenters. The summed E-state index contributed by atoms with van der Waals surface area (Å²) in [7, 11) is 0. The van der Waals surface area contributed by atoms with Crippen molar-refractivity contribution in [3.05, 3.63) is 42.5 Å². The van der Waals surface area contributed by atoms with Crippen LogP contribution in [0.5, 0.6) is 5.75 Å². The van der Waals surface area contributed by atoms with Gasteiger partial charge in [0.25, 0.3) is 5.91 Å². The molecule has 2 aromatic carbocycles. The highest BCUT2D eigenvalue weighted by Crippen LogP contribution is 2.22. The molecule has 2 aromatic rings. The summed E-state index contributed by atoms with van der Waals surface area (Å²) in [6.45, 7) is 2.00. The lowest BCUT2D eigenvalue weighted by atomic mass is 10.1.